The normalized spacial score (nSPS) is 20.1. The molecular weight excluding hydrogens is 373 g/mol. The van der Waals surface area contributed by atoms with Crippen molar-refractivity contribution >= 4 is 39.2 Å². The summed E-state index contributed by atoms with van der Waals surface area (Å²) in [5.41, 5.74) is 0.591. The number of nitrogens with zero attached hydrogens (tertiary/aromatic N) is 1. The van der Waals surface area contributed by atoms with Gasteiger partial charge in [0.15, 0.2) is 5.54 Å². The lowest BCUT2D eigenvalue weighted by atomic mass is 9.86. The Morgan fingerprint density at radius 2 is 2.05 bits per heavy atom. The van der Waals surface area contributed by atoms with Gasteiger partial charge >= 0.3 is 5.97 Å². The highest BCUT2D eigenvalue weighted by atomic mass is 79.9. The zero-order valence-corrected chi connectivity index (χ0v) is 13.9. The number of fused-ring (bicyclic) bond motifs is 1. The van der Waals surface area contributed by atoms with Crippen molar-refractivity contribution in [3.8, 4) is 0 Å². The van der Waals surface area contributed by atoms with Gasteiger partial charge in [0, 0.05) is 23.6 Å². The second kappa shape index (κ2) is 5.25. The fraction of sp³-hybridized carbons (Fsp3) is 0.188. The maximum Gasteiger partial charge on any atom is 0.334 e. The SMILES string of the molecule is CN1c2cc(F)c(Cl)c(Br)c2CC1(C(=O)O)c1ccccc1. The van der Waals surface area contributed by atoms with Gasteiger partial charge in [-0.15, -0.1) is 0 Å². The van der Waals surface area contributed by atoms with Crippen LogP contribution in [0.2, 0.25) is 5.02 Å². The molecule has 1 atom stereocenters. The van der Waals surface area contributed by atoms with E-state index >= 15 is 0 Å². The van der Waals surface area contributed by atoms with E-state index < -0.39 is 17.3 Å². The van der Waals surface area contributed by atoms with Crippen LogP contribution in [0.25, 0.3) is 0 Å². The predicted molar refractivity (Wildman–Crippen MR) is 87.0 cm³/mol. The van der Waals surface area contributed by atoms with Crippen LogP contribution in [0, 0.1) is 5.82 Å². The van der Waals surface area contributed by atoms with E-state index in [2.05, 4.69) is 15.9 Å². The molecular formula is C16H12BrClFNO2. The van der Waals surface area contributed by atoms with Crippen LogP contribution in [0.3, 0.4) is 0 Å². The first-order chi connectivity index (χ1) is 10.4. The van der Waals surface area contributed by atoms with Crippen molar-refractivity contribution in [3.05, 3.63) is 62.8 Å². The molecule has 1 unspecified atom stereocenters. The van der Waals surface area contributed by atoms with Crippen LogP contribution < -0.4 is 4.90 Å². The first-order valence-corrected chi connectivity index (χ1v) is 7.76. The van der Waals surface area contributed by atoms with E-state index in [1.165, 1.54) is 6.07 Å². The minimum Gasteiger partial charge on any atom is -0.479 e. The molecule has 0 saturated carbocycles. The fourth-order valence-corrected chi connectivity index (χ4v) is 3.72. The van der Waals surface area contributed by atoms with Crippen LogP contribution in [0.1, 0.15) is 11.1 Å². The smallest absolute Gasteiger partial charge is 0.334 e. The molecule has 6 heteroatoms. The van der Waals surface area contributed by atoms with Gasteiger partial charge in [0.25, 0.3) is 0 Å². The van der Waals surface area contributed by atoms with Crippen LogP contribution >= 0.6 is 27.5 Å². The van der Waals surface area contributed by atoms with E-state index in [0.29, 0.717) is 21.3 Å². The molecule has 2 aromatic carbocycles. The van der Waals surface area contributed by atoms with E-state index in [0.717, 1.165) is 0 Å². The van der Waals surface area contributed by atoms with Crippen molar-refractivity contribution < 1.29 is 14.3 Å². The Morgan fingerprint density at radius 3 is 2.64 bits per heavy atom. The van der Waals surface area contributed by atoms with Gasteiger partial charge in [-0.05, 0) is 33.1 Å². The summed E-state index contributed by atoms with van der Waals surface area (Å²) in [6.07, 6.45) is 0.207. The van der Waals surface area contributed by atoms with Gasteiger partial charge in [-0.3, -0.25) is 0 Å². The summed E-state index contributed by atoms with van der Waals surface area (Å²) in [5.74, 6) is -1.56. The molecule has 114 valence electrons. The Morgan fingerprint density at radius 1 is 1.41 bits per heavy atom. The van der Waals surface area contributed by atoms with Crippen LogP contribution in [-0.2, 0) is 16.8 Å². The number of aliphatic carboxylic acids is 1. The van der Waals surface area contributed by atoms with Gasteiger partial charge in [0.1, 0.15) is 5.82 Å². The second-order valence-electron chi connectivity index (χ2n) is 5.25. The van der Waals surface area contributed by atoms with Crippen molar-refractivity contribution in [1.82, 2.24) is 0 Å². The Bertz CT molecular complexity index is 768. The third-order valence-electron chi connectivity index (χ3n) is 4.21. The summed E-state index contributed by atoms with van der Waals surface area (Å²) in [7, 11) is 1.66. The Balaban J connectivity index is 2.25. The molecule has 0 aliphatic carbocycles. The number of halogens is 3. The summed E-state index contributed by atoms with van der Waals surface area (Å²) in [6.45, 7) is 0. The molecule has 3 rings (SSSR count). The van der Waals surface area contributed by atoms with Crippen LogP contribution in [0.15, 0.2) is 40.9 Å². The number of hydrogen-bond donors (Lipinski definition) is 1. The van der Waals surface area contributed by atoms with Gasteiger partial charge < -0.3 is 10.0 Å². The third kappa shape index (κ3) is 1.96. The topological polar surface area (TPSA) is 40.5 Å². The molecule has 2 aromatic rings. The molecule has 1 aliphatic heterocycles. The Kier molecular flexibility index (Phi) is 3.65. The number of rotatable bonds is 2. The number of hydrogen-bond acceptors (Lipinski definition) is 2. The number of carboxylic acids is 1. The summed E-state index contributed by atoms with van der Waals surface area (Å²) in [4.78, 5) is 13.7. The molecule has 1 heterocycles. The van der Waals surface area contributed by atoms with E-state index in [4.69, 9.17) is 11.6 Å². The molecule has 0 bridgehead atoms. The summed E-state index contributed by atoms with van der Waals surface area (Å²) in [5, 5.41) is 9.88. The molecule has 22 heavy (non-hydrogen) atoms. The molecule has 0 amide bonds. The molecule has 0 fully saturated rings. The molecule has 0 aromatic heterocycles. The first kappa shape index (κ1) is 15.3. The lowest BCUT2D eigenvalue weighted by molar-refractivity contribution is -0.143. The average molecular weight is 385 g/mol. The Labute approximate surface area is 140 Å². The van der Waals surface area contributed by atoms with Gasteiger partial charge in [0.05, 0.1) is 5.02 Å². The minimum absolute atomic E-state index is 0.0265. The molecule has 3 nitrogen and oxygen atoms in total. The second-order valence-corrected chi connectivity index (χ2v) is 6.42. The van der Waals surface area contributed by atoms with Crippen molar-refractivity contribution in [2.24, 2.45) is 0 Å². The molecule has 0 saturated heterocycles. The largest absolute Gasteiger partial charge is 0.479 e. The maximum atomic E-state index is 13.9. The van der Waals surface area contributed by atoms with E-state index in [9.17, 15) is 14.3 Å². The number of anilines is 1. The highest BCUT2D eigenvalue weighted by Crippen LogP contribution is 2.49. The van der Waals surface area contributed by atoms with E-state index in [-0.39, 0.29) is 11.4 Å². The maximum absolute atomic E-state index is 13.9. The van der Waals surface area contributed by atoms with Crippen molar-refractivity contribution in [2.75, 3.05) is 11.9 Å². The summed E-state index contributed by atoms with van der Waals surface area (Å²) < 4.78 is 14.3. The number of carbonyl (C=O) groups is 1. The first-order valence-electron chi connectivity index (χ1n) is 6.58. The molecule has 1 N–H and O–H groups in total. The third-order valence-corrected chi connectivity index (χ3v) is 5.68. The van der Waals surface area contributed by atoms with Crippen molar-refractivity contribution in [2.45, 2.75) is 12.0 Å². The number of benzene rings is 2. The standard InChI is InChI=1S/C16H12BrClFNO2/c1-20-12-7-11(19)14(18)13(17)10(12)8-16(20,15(21)22)9-5-3-2-4-6-9/h2-7H,8H2,1H3,(H,21,22). The fourth-order valence-electron chi connectivity index (χ4n) is 3.02. The Hall–Kier alpha value is -1.59. The minimum atomic E-state index is -1.27. The zero-order valence-electron chi connectivity index (χ0n) is 11.6. The summed E-state index contributed by atoms with van der Waals surface area (Å²) in [6, 6.07) is 10.2. The number of carboxylic acid groups (broad SMARTS) is 1. The highest BCUT2D eigenvalue weighted by molar-refractivity contribution is 9.10. The van der Waals surface area contributed by atoms with Crippen LogP contribution in [0.5, 0.6) is 0 Å². The van der Waals surface area contributed by atoms with Crippen LogP contribution in [0.4, 0.5) is 10.1 Å². The van der Waals surface area contributed by atoms with E-state index in [1.807, 2.05) is 6.07 Å². The predicted octanol–water partition coefficient (Wildman–Crippen LogP) is 4.21. The van der Waals surface area contributed by atoms with Gasteiger partial charge in [-0.2, -0.15) is 0 Å². The molecule has 0 spiro atoms. The van der Waals surface area contributed by atoms with Gasteiger partial charge in [0.2, 0.25) is 0 Å². The lowest BCUT2D eigenvalue weighted by Crippen LogP contribution is -2.48. The molecule has 0 radical (unpaired) electrons. The monoisotopic (exact) mass is 383 g/mol. The van der Waals surface area contributed by atoms with Crippen LogP contribution in [-0.4, -0.2) is 18.1 Å². The van der Waals surface area contributed by atoms with Gasteiger partial charge in [-0.1, -0.05) is 41.9 Å². The highest BCUT2D eigenvalue weighted by Gasteiger charge is 2.51. The van der Waals surface area contributed by atoms with Crippen molar-refractivity contribution in [1.29, 1.82) is 0 Å². The number of likely N-dealkylation sites (N-methyl/N-ethyl adjacent to an activating group) is 1. The summed E-state index contributed by atoms with van der Waals surface area (Å²) >= 11 is 9.23. The zero-order chi connectivity index (χ0) is 16.1. The molecule has 1 aliphatic rings. The lowest BCUT2D eigenvalue weighted by Gasteiger charge is -2.34. The quantitative estimate of drug-likeness (QED) is 0.788. The van der Waals surface area contributed by atoms with E-state index in [1.54, 1.807) is 36.2 Å². The average Bonchev–Trinajstić information content (AvgIpc) is 2.81. The van der Waals surface area contributed by atoms with Crippen molar-refractivity contribution in [3.63, 3.8) is 0 Å². The van der Waals surface area contributed by atoms with Gasteiger partial charge in [-0.25, -0.2) is 9.18 Å².